The summed E-state index contributed by atoms with van der Waals surface area (Å²) in [4.78, 5) is 34.6. The van der Waals surface area contributed by atoms with Crippen molar-refractivity contribution in [1.82, 2.24) is 15.1 Å². The minimum absolute atomic E-state index is 0.109. The molecule has 1 amide bonds. The Morgan fingerprint density at radius 1 is 1.11 bits per heavy atom. The first-order valence-electron chi connectivity index (χ1n) is 11.5. The summed E-state index contributed by atoms with van der Waals surface area (Å²) < 4.78 is 21.5. The van der Waals surface area contributed by atoms with Crippen LogP contribution < -0.4 is 14.8 Å². The van der Waals surface area contributed by atoms with Crippen LogP contribution in [0.15, 0.2) is 45.6 Å². The number of ether oxygens (including phenoxy) is 4. The summed E-state index contributed by atoms with van der Waals surface area (Å²) in [6, 6.07) is 4.88. The third kappa shape index (κ3) is 6.59. The maximum Gasteiger partial charge on any atom is 0.338 e. The summed E-state index contributed by atoms with van der Waals surface area (Å²) in [6.07, 6.45) is 0.141. The number of benzene rings is 1. The van der Waals surface area contributed by atoms with Crippen molar-refractivity contribution in [1.29, 1.82) is 0 Å². The fourth-order valence-corrected chi connectivity index (χ4v) is 4.84. The van der Waals surface area contributed by atoms with Crippen LogP contribution in [0.5, 0.6) is 11.5 Å². The van der Waals surface area contributed by atoms with Crippen molar-refractivity contribution < 1.29 is 28.5 Å². The van der Waals surface area contributed by atoms with Gasteiger partial charge in [0.25, 0.3) is 0 Å². The van der Waals surface area contributed by atoms with E-state index in [-0.39, 0.29) is 25.5 Å². The fraction of sp³-hybridized carbons (Fsp3) is 0.480. The predicted molar refractivity (Wildman–Crippen MR) is 139 cm³/mol. The molecule has 0 saturated carbocycles. The number of fused-ring (bicyclic) bond motifs is 1. The lowest BCUT2D eigenvalue weighted by Gasteiger charge is -2.36. The van der Waals surface area contributed by atoms with E-state index < -0.39 is 12.0 Å². The van der Waals surface area contributed by atoms with Crippen LogP contribution >= 0.6 is 11.8 Å². The number of nitrogens with zero attached hydrogens (tertiary/aromatic N) is 3. The minimum atomic E-state index is -0.590. The summed E-state index contributed by atoms with van der Waals surface area (Å²) in [7, 11) is 8.59. The Balaban J connectivity index is 1.99. The molecule has 0 aromatic heterocycles. The van der Waals surface area contributed by atoms with Gasteiger partial charge in [-0.05, 0) is 44.1 Å². The number of methoxy groups -OCH3 is 3. The molecular weight excluding hydrogens is 484 g/mol. The Morgan fingerprint density at radius 2 is 1.81 bits per heavy atom. The zero-order valence-electron chi connectivity index (χ0n) is 21.6. The quantitative estimate of drug-likeness (QED) is 0.330. The number of amides is 1. The van der Waals surface area contributed by atoms with Crippen LogP contribution in [0, 0.1) is 0 Å². The largest absolute Gasteiger partial charge is 0.497 e. The highest BCUT2D eigenvalue weighted by molar-refractivity contribution is 8.16. The van der Waals surface area contributed by atoms with Gasteiger partial charge in [0.05, 0.1) is 44.6 Å². The number of carbonyl (C=O) groups excluding carboxylic acids is 2. The average molecular weight is 519 g/mol. The number of amidine groups is 1. The maximum absolute atomic E-state index is 13.3. The Hall–Kier alpha value is -3.02. The number of aliphatic imine (C=N–C) groups is 1. The lowest BCUT2D eigenvalue weighted by molar-refractivity contribution is -0.141. The summed E-state index contributed by atoms with van der Waals surface area (Å²) in [6.45, 7) is 3.46. The topological polar surface area (TPSA) is 102 Å². The van der Waals surface area contributed by atoms with E-state index >= 15 is 0 Å². The normalized spacial score (nSPS) is 17.0. The monoisotopic (exact) mass is 518 g/mol. The Labute approximate surface area is 216 Å². The smallest absolute Gasteiger partial charge is 0.338 e. The highest BCUT2D eigenvalue weighted by atomic mass is 32.2. The van der Waals surface area contributed by atoms with Gasteiger partial charge < -0.3 is 34.1 Å². The number of hydrogen-bond donors (Lipinski definition) is 1. The van der Waals surface area contributed by atoms with Gasteiger partial charge >= 0.3 is 5.97 Å². The second kappa shape index (κ2) is 12.8. The van der Waals surface area contributed by atoms with Gasteiger partial charge in [-0.1, -0.05) is 11.8 Å². The van der Waals surface area contributed by atoms with E-state index in [4.69, 9.17) is 18.9 Å². The number of carbonyl (C=O) groups is 2. The first-order valence-corrected chi connectivity index (χ1v) is 12.4. The summed E-state index contributed by atoms with van der Waals surface area (Å²) >= 11 is 1.42. The molecule has 2 aliphatic heterocycles. The standard InChI is InChI=1S/C25H34N4O6S/c1-16-22(24(31)35-10-9-32-4)23(17-11-19(33-5)14-20(12-17)34-6)29-18(15-36-25(29)27-16)13-21(30)26-7-8-28(2)3/h11-12,14-15,23H,7-10,13H2,1-6H3,(H,26,30). The van der Waals surface area contributed by atoms with E-state index in [9.17, 15) is 9.59 Å². The van der Waals surface area contributed by atoms with Gasteiger partial charge in [-0.2, -0.15) is 0 Å². The second-order valence-corrected chi connectivity index (χ2v) is 9.33. The van der Waals surface area contributed by atoms with Crippen molar-refractivity contribution in [3.05, 3.63) is 46.1 Å². The van der Waals surface area contributed by atoms with Gasteiger partial charge in [0, 0.05) is 32.0 Å². The molecular formula is C25H34N4O6S. The molecule has 1 aromatic carbocycles. The third-order valence-corrected chi connectivity index (χ3v) is 6.54. The summed E-state index contributed by atoms with van der Waals surface area (Å²) in [5, 5.41) is 5.54. The van der Waals surface area contributed by atoms with Crippen LogP contribution in [0.3, 0.4) is 0 Å². The molecule has 0 aliphatic carbocycles. The lowest BCUT2D eigenvalue weighted by Crippen LogP contribution is -2.38. The summed E-state index contributed by atoms with van der Waals surface area (Å²) in [5.74, 6) is 0.558. The van der Waals surface area contributed by atoms with E-state index in [1.807, 2.05) is 41.4 Å². The van der Waals surface area contributed by atoms with Crippen molar-refractivity contribution in [2.24, 2.45) is 4.99 Å². The molecule has 0 spiro atoms. The van der Waals surface area contributed by atoms with Crippen LogP contribution in [-0.4, -0.2) is 88.6 Å². The van der Waals surface area contributed by atoms with Gasteiger partial charge in [0.2, 0.25) is 5.91 Å². The number of allylic oxidation sites excluding steroid dienone is 1. The van der Waals surface area contributed by atoms with Crippen molar-refractivity contribution in [3.8, 4) is 11.5 Å². The Kier molecular flexibility index (Phi) is 9.80. The Morgan fingerprint density at radius 3 is 2.42 bits per heavy atom. The Bertz CT molecular complexity index is 1050. The third-order valence-electron chi connectivity index (χ3n) is 5.65. The fourth-order valence-electron chi connectivity index (χ4n) is 3.87. The van der Waals surface area contributed by atoms with Gasteiger partial charge in [-0.3, -0.25) is 4.79 Å². The molecule has 1 aromatic rings. The number of esters is 1. The van der Waals surface area contributed by atoms with Crippen LogP contribution in [-0.2, 0) is 19.1 Å². The number of nitrogens with one attached hydrogen (secondary N) is 1. The van der Waals surface area contributed by atoms with E-state index in [0.717, 1.165) is 17.8 Å². The van der Waals surface area contributed by atoms with Gasteiger partial charge in [-0.15, -0.1) is 0 Å². The van der Waals surface area contributed by atoms with Crippen molar-refractivity contribution in [3.63, 3.8) is 0 Å². The highest BCUT2D eigenvalue weighted by Crippen LogP contribution is 2.46. The van der Waals surface area contributed by atoms with Crippen molar-refractivity contribution >= 4 is 28.8 Å². The zero-order chi connectivity index (χ0) is 26.2. The highest BCUT2D eigenvalue weighted by Gasteiger charge is 2.41. The average Bonchev–Trinajstić information content (AvgIpc) is 3.24. The molecule has 1 atom stereocenters. The molecule has 2 aliphatic rings. The lowest BCUT2D eigenvalue weighted by atomic mass is 9.93. The van der Waals surface area contributed by atoms with E-state index in [0.29, 0.717) is 34.5 Å². The zero-order valence-corrected chi connectivity index (χ0v) is 22.4. The van der Waals surface area contributed by atoms with Crippen LogP contribution in [0.1, 0.15) is 24.9 Å². The van der Waals surface area contributed by atoms with Gasteiger partial charge in [0.15, 0.2) is 5.17 Å². The summed E-state index contributed by atoms with van der Waals surface area (Å²) in [5.41, 5.74) is 2.42. The van der Waals surface area contributed by atoms with E-state index in [1.54, 1.807) is 34.3 Å². The van der Waals surface area contributed by atoms with E-state index in [2.05, 4.69) is 10.3 Å². The molecule has 36 heavy (non-hydrogen) atoms. The first kappa shape index (κ1) is 27.6. The van der Waals surface area contributed by atoms with Crippen LogP contribution in [0.4, 0.5) is 0 Å². The van der Waals surface area contributed by atoms with Crippen molar-refractivity contribution in [2.45, 2.75) is 19.4 Å². The minimum Gasteiger partial charge on any atom is -0.497 e. The molecule has 10 nitrogen and oxygen atoms in total. The number of rotatable bonds is 12. The van der Waals surface area contributed by atoms with Gasteiger partial charge in [0.1, 0.15) is 18.1 Å². The molecule has 0 radical (unpaired) electrons. The SMILES string of the molecule is COCCOC(=O)C1=C(C)N=C2SC=C(CC(=O)NCCN(C)C)N2C1c1cc(OC)cc(OC)c1. The molecule has 2 heterocycles. The van der Waals surface area contributed by atoms with Crippen molar-refractivity contribution in [2.75, 3.05) is 61.7 Å². The molecule has 3 rings (SSSR count). The second-order valence-electron chi connectivity index (χ2n) is 8.50. The first-order chi connectivity index (χ1) is 17.3. The number of hydrogen-bond acceptors (Lipinski definition) is 10. The molecule has 11 heteroatoms. The molecule has 0 fully saturated rings. The number of likely N-dealkylation sites (N-methyl/N-ethyl adjacent to an activating group) is 1. The number of thioether (sulfide) groups is 1. The molecule has 196 valence electrons. The van der Waals surface area contributed by atoms with Crippen LogP contribution in [0.25, 0.3) is 0 Å². The van der Waals surface area contributed by atoms with Crippen LogP contribution in [0.2, 0.25) is 0 Å². The molecule has 1 N–H and O–H groups in total. The van der Waals surface area contributed by atoms with Gasteiger partial charge in [-0.25, -0.2) is 9.79 Å². The van der Waals surface area contributed by atoms with E-state index in [1.165, 1.54) is 11.8 Å². The maximum atomic E-state index is 13.3. The predicted octanol–water partition coefficient (Wildman–Crippen LogP) is 2.54. The molecule has 1 unspecified atom stereocenters. The molecule has 0 saturated heterocycles. The molecule has 0 bridgehead atoms.